The molecule has 0 fully saturated rings. The van der Waals surface area contributed by atoms with Gasteiger partial charge in [0.25, 0.3) is 0 Å². The zero-order chi connectivity index (χ0) is 14.9. The Kier molecular flexibility index (Phi) is 3.87. The highest BCUT2D eigenvalue weighted by molar-refractivity contribution is 6.37. The number of hydrogen-bond acceptors (Lipinski definition) is 5. The van der Waals surface area contributed by atoms with Gasteiger partial charge in [0.05, 0.1) is 10.0 Å². The van der Waals surface area contributed by atoms with Crippen molar-refractivity contribution in [3.05, 3.63) is 34.1 Å². The van der Waals surface area contributed by atoms with E-state index >= 15 is 0 Å². The van der Waals surface area contributed by atoms with Gasteiger partial charge in [-0.3, -0.25) is 0 Å². The summed E-state index contributed by atoms with van der Waals surface area (Å²) in [5.41, 5.74) is 5.18. The molecule has 10 heteroatoms. The Bertz CT molecular complexity index is 631. The van der Waals surface area contributed by atoms with E-state index in [1.54, 1.807) is 6.07 Å². The average Bonchev–Trinajstić information content (AvgIpc) is 2.32. The molecule has 2 aromatic rings. The summed E-state index contributed by atoms with van der Waals surface area (Å²) < 4.78 is 42.6. The Morgan fingerprint density at radius 3 is 2.20 bits per heavy atom. The van der Waals surface area contributed by atoms with Crippen LogP contribution in [-0.4, -0.2) is 15.0 Å². The Balaban J connectivity index is 2.42. The van der Waals surface area contributed by atoms with E-state index in [9.17, 15) is 13.2 Å². The Hall–Kier alpha value is -1.80. The van der Waals surface area contributed by atoms with Crippen molar-refractivity contribution in [2.24, 2.45) is 0 Å². The predicted molar refractivity (Wildman–Crippen MR) is 65.8 cm³/mol. The summed E-state index contributed by atoms with van der Waals surface area (Å²) in [5, 5.41) is 0.176. The summed E-state index contributed by atoms with van der Waals surface area (Å²) in [6, 6.07) is 3.77. The summed E-state index contributed by atoms with van der Waals surface area (Å²) in [6.45, 7) is 0. The Morgan fingerprint density at radius 1 is 1.05 bits per heavy atom. The molecule has 5 nitrogen and oxygen atoms in total. The molecule has 2 rings (SSSR count). The maximum absolute atomic E-state index is 12.5. The van der Waals surface area contributed by atoms with Crippen molar-refractivity contribution in [2.75, 3.05) is 5.73 Å². The summed E-state index contributed by atoms with van der Waals surface area (Å²) in [5.74, 6) is -2.18. The summed E-state index contributed by atoms with van der Waals surface area (Å²) in [7, 11) is 0. The second kappa shape index (κ2) is 5.29. The lowest BCUT2D eigenvalue weighted by molar-refractivity contribution is -0.145. The summed E-state index contributed by atoms with van der Waals surface area (Å²) in [4.78, 5) is 9.53. The van der Waals surface area contributed by atoms with Gasteiger partial charge >= 0.3 is 12.2 Å². The lowest BCUT2D eigenvalue weighted by atomic mass is 10.3. The van der Waals surface area contributed by atoms with Crippen LogP contribution in [0.3, 0.4) is 0 Å². The number of nitrogens with two attached hydrogens (primary N) is 1. The molecule has 0 spiro atoms. The monoisotopic (exact) mass is 324 g/mol. The average molecular weight is 325 g/mol. The molecule has 1 aromatic heterocycles. The van der Waals surface area contributed by atoms with Crippen molar-refractivity contribution < 1.29 is 17.9 Å². The number of anilines is 1. The molecule has 1 aromatic carbocycles. The van der Waals surface area contributed by atoms with Crippen LogP contribution in [0.2, 0.25) is 10.0 Å². The van der Waals surface area contributed by atoms with Crippen molar-refractivity contribution >= 4 is 29.2 Å². The minimum absolute atomic E-state index is 0.0745. The van der Waals surface area contributed by atoms with E-state index in [-0.39, 0.29) is 15.8 Å². The van der Waals surface area contributed by atoms with Gasteiger partial charge in [-0.1, -0.05) is 29.3 Å². The van der Waals surface area contributed by atoms with E-state index in [2.05, 4.69) is 15.0 Å². The van der Waals surface area contributed by atoms with Gasteiger partial charge in [0.15, 0.2) is 5.75 Å². The minimum Gasteiger partial charge on any atom is -0.421 e. The quantitative estimate of drug-likeness (QED) is 0.914. The normalized spacial score (nSPS) is 11.4. The molecule has 0 unspecified atom stereocenters. The molecule has 0 aliphatic carbocycles. The molecule has 0 aliphatic heterocycles. The number of para-hydroxylation sites is 1. The van der Waals surface area contributed by atoms with E-state index < -0.39 is 24.0 Å². The first-order valence-corrected chi connectivity index (χ1v) is 5.73. The first-order chi connectivity index (χ1) is 9.27. The minimum atomic E-state index is -4.78. The van der Waals surface area contributed by atoms with Crippen LogP contribution < -0.4 is 10.5 Å². The lowest BCUT2D eigenvalue weighted by Gasteiger charge is -2.10. The van der Waals surface area contributed by atoms with E-state index in [1.165, 1.54) is 12.1 Å². The number of nitrogens with zero attached hydrogens (tertiary/aromatic N) is 3. The first kappa shape index (κ1) is 14.6. The molecule has 0 bridgehead atoms. The molecule has 0 saturated carbocycles. The number of halogens is 5. The third-order valence-electron chi connectivity index (χ3n) is 2.00. The third kappa shape index (κ3) is 3.20. The fraction of sp³-hybridized carbons (Fsp3) is 0.100. The Morgan fingerprint density at radius 2 is 1.65 bits per heavy atom. The van der Waals surface area contributed by atoms with Crippen LogP contribution in [-0.2, 0) is 6.18 Å². The standard InChI is InChI=1S/C10H5Cl2F3N4O/c11-4-2-1-3-5(12)6(4)20-9-18-7(10(13,14)15)17-8(16)19-9/h1-3H,(H2,16,17,18,19). The third-order valence-corrected chi connectivity index (χ3v) is 2.59. The number of nitrogen functional groups attached to an aromatic ring is 1. The van der Waals surface area contributed by atoms with Crippen molar-refractivity contribution in [2.45, 2.75) is 6.18 Å². The van der Waals surface area contributed by atoms with Crippen molar-refractivity contribution in [3.8, 4) is 11.8 Å². The maximum atomic E-state index is 12.5. The molecule has 20 heavy (non-hydrogen) atoms. The van der Waals surface area contributed by atoms with Crippen molar-refractivity contribution in [1.82, 2.24) is 15.0 Å². The number of alkyl halides is 3. The highest BCUT2D eigenvalue weighted by atomic mass is 35.5. The van der Waals surface area contributed by atoms with Crippen molar-refractivity contribution in [3.63, 3.8) is 0 Å². The molecule has 2 N–H and O–H groups in total. The van der Waals surface area contributed by atoms with E-state index in [0.29, 0.717) is 0 Å². The molecule has 106 valence electrons. The molecular formula is C10H5Cl2F3N4O. The van der Waals surface area contributed by atoms with Crippen molar-refractivity contribution in [1.29, 1.82) is 0 Å². The lowest BCUT2D eigenvalue weighted by Crippen LogP contribution is -2.14. The van der Waals surface area contributed by atoms with Gasteiger partial charge < -0.3 is 10.5 Å². The predicted octanol–water partition coefficient (Wildman–Crippen LogP) is 3.57. The van der Waals surface area contributed by atoms with E-state index in [1.807, 2.05) is 0 Å². The highest BCUT2D eigenvalue weighted by Gasteiger charge is 2.36. The highest BCUT2D eigenvalue weighted by Crippen LogP contribution is 2.35. The molecular weight excluding hydrogens is 320 g/mol. The van der Waals surface area contributed by atoms with Crippen LogP contribution in [0.4, 0.5) is 19.1 Å². The summed E-state index contributed by atoms with van der Waals surface area (Å²) in [6.07, 6.45) is -4.78. The number of ether oxygens (including phenoxy) is 1. The van der Waals surface area contributed by atoms with Gasteiger partial charge in [-0.05, 0) is 12.1 Å². The van der Waals surface area contributed by atoms with Crippen LogP contribution in [0.15, 0.2) is 18.2 Å². The molecule has 0 radical (unpaired) electrons. The van der Waals surface area contributed by atoms with Gasteiger partial charge in [-0.25, -0.2) is 0 Å². The van der Waals surface area contributed by atoms with Crippen LogP contribution in [0.5, 0.6) is 11.8 Å². The van der Waals surface area contributed by atoms with E-state index in [4.69, 9.17) is 33.7 Å². The fourth-order valence-electron chi connectivity index (χ4n) is 1.22. The number of benzene rings is 1. The zero-order valence-corrected chi connectivity index (χ0v) is 11.0. The molecule has 0 amide bonds. The van der Waals surface area contributed by atoms with Crippen LogP contribution in [0.1, 0.15) is 5.82 Å². The van der Waals surface area contributed by atoms with Gasteiger partial charge in [-0.15, -0.1) is 0 Å². The zero-order valence-electron chi connectivity index (χ0n) is 9.45. The van der Waals surface area contributed by atoms with Gasteiger partial charge in [0, 0.05) is 0 Å². The molecule has 0 atom stereocenters. The van der Waals surface area contributed by atoms with Crippen LogP contribution >= 0.6 is 23.2 Å². The van der Waals surface area contributed by atoms with Crippen LogP contribution in [0.25, 0.3) is 0 Å². The Labute approximate surface area is 120 Å². The second-order valence-electron chi connectivity index (χ2n) is 3.45. The molecule has 1 heterocycles. The number of hydrogen-bond donors (Lipinski definition) is 1. The van der Waals surface area contributed by atoms with Gasteiger partial charge in [-0.2, -0.15) is 28.1 Å². The van der Waals surface area contributed by atoms with Gasteiger partial charge in [0.2, 0.25) is 11.8 Å². The van der Waals surface area contributed by atoms with Gasteiger partial charge in [0.1, 0.15) is 0 Å². The fourth-order valence-corrected chi connectivity index (χ4v) is 1.69. The summed E-state index contributed by atoms with van der Waals surface area (Å²) >= 11 is 11.6. The first-order valence-electron chi connectivity index (χ1n) is 4.98. The smallest absolute Gasteiger partial charge is 0.421 e. The molecule has 0 aliphatic rings. The van der Waals surface area contributed by atoms with E-state index in [0.717, 1.165) is 0 Å². The number of rotatable bonds is 2. The van der Waals surface area contributed by atoms with Crippen LogP contribution in [0, 0.1) is 0 Å². The second-order valence-corrected chi connectivity index (χ2v) is 4.26. The molecule has 0 saturated heterocycles. The number of aromatic nitrogens is 3. The topological polar surface area (TPSA) is 73.9 Å². The largest absolute Gasteiger partial charge is 0.451 e. The SMILES string of the molecule is Nc1nc(Oc2c(Cl)cccc2Cl)nc(C(F)(F)F)n1. The maximum Gasteiger partial charge on any atom is 0.451 e.